The minimum atomic E-state index is -0.468. The van der Waals surface area contributed by atoms with Crippen LogP contribution in [-0.4, -0.2) is 35.6 Å². The first kappa shape index (κ1) is 28.1. The third kappa shape index (κ3) is 10.5. The van der Waals surface area contributed by atoms with Crippen LogP contribution in [-0.2, 0) is 24.2 Å². The Morgan fingerprint density at radius 2 is 1.94 bits per heavy atom. The van der Waals surface area contributed by atoms with Crippen LogP contribution >= 0.6 is 0 Å². The summed E-state index contributed by atoms with van der Waals surface area (Å²) >= 11 is 0. The van der Waals surface area contributed by atoms with Crippen LogP contribution in [0.1, 0.15) is 106 Å². The quantitative estimate of drug-likeness (QED) is 0.141. The van der Waals surface area contributed by atoms with Crippen LogP contribution < -0.4 is 0 Å². The van der Waals surface area contributed by atoms with E-state index in [4.69, 9.17) is 19.4 Å². The van der Waals surface area contributed by atoms with E-state index in [9.17, 15) is 10.1 Å². The predicted molar refractivity (Wildman–Crippen MR) is 122 cm³/mol. The van der Waals surface area contributed by atoms with Crippen molar-refractivity contribution in [2.45, 2.75) is 123 Å². The van der Waals surface area contributed by atoms with E-state index in [1.165, 1.54) is 12.7 Å². The first-order chi connectivity index (χ1) is 14.5. The lowest BCUT2D eigenvalue weighted by Gasteiger charge is -2.37. The fourth-order valence-electron chi connectivity index (χ4n) is 4.23. The molecule has 1 heterocycles. The number of hydrogen-bond donors (Lipinski definition) is 1. The van der Waals surface area contributed by atoms with Gasteiger partial charge < -0.3 is 4.74 Å². The summed E-state index contributed by atoms with van der Waals surface area (Å²) in [5.74, 6) is 0.0387. The molecule has 0 spiro atoms. The van der Waals surface area contributed by atoms with Crippen LogP contribution in [0.3, 0.4) is 0 Å². The molecular formula is C25H46O6. The molecule has 0 aliphatic carbocycles. The number of methoxy groups -OCH3 is 1. The Bertz CT molecular complexity index is 548. The fourth-order valence-corrected chi connectivity index (χ4v) is 4.23. The molecule has 0 radical (unpaired) electrons. The lowest BCUT2D eigenvalue weighted by molar-refractivity contribution is -0.411. The fraction of sp³-hybridized carbons (Fsp3) is 0.880. The van der Waals surface area contributed by atoms with E-state index in [1.807, 2.05) is 13.8 Å². The van der Waals surface area contributed by atoms with Gasteiger partial charge in [0.25, 0.3) is 0 Å². The van der Waals surface area contributed by atoms with Crippen LogP contribution in [0.5, 0.6) is 0 Å². The zero-order chi connectivity index (χ0) is 23.5. The molecule has 1 saturated heterocycles. The van der Waals surface area contributed by atoms with Crippen LogP contribution in [0.15, 0.2) is 11.6 Å². The smallest absolute Gasteiger partial charge is 0.311 e. The summed E-state index contributed by atoms with van der Waals surface area (Å²) in [7, 11) is 1.40. The molecule has 0 aromatic heterocycles. The van der Waals surface area contributed by atoms with Gasteiger partial charge in [0, 0.05) is 0 Å². The van der Waals surface area contributed by atoms with Gasteiger partial charge in [-0.3, -0.25) is 10.1 Å². The van der Waals surface area contributed by atoms with Gasteiger partial charge in [-0.05, 0) is 79.1 Å². The van der Waals surface area contributed by atoms with E-state index in [-0.39, 0.29) is 23.6 Å². The number of rotatable bonds is 14. The molecule has 5 unspecified atom stereocenters. The Balaban J connectivity index is 2.27. The lowest BCUT2D eigenvalue weighted by atomic mass is 9.86. The van der Waals surface area contributed by atoms with Gasteiger partial charge in [0.2, 0.25) is 0 Å². The first-order valence-corrected chi connectivity index (χ1v) is 11.9. The molecule has 6 heteroatoms. The molecule has 0 bridgehead atoms. The van der Waals surface area contributed by atoms with E-state index in [0.29, 0.717) is 5.92 Å². The Kier molecular flexibility index (Phi) is 12.3. The standard InChI is InChI=1S/C25H46O6/c1-19(2)11-8-15-24(5,30-27)16-9-12-20(3)13-10-17-25(6)18-14-22(29-31-25)21(4)23(26)28-7/h11,20-22,27H,8-10,12-18H2,1-7H3. The summed E-state index contributed by atoms with van der Waals surface area (Å²) in [4.78, 5) is 27.8. The van der Waals surface area contributed by atoms with E-state index in [2.05, 4.69) is 33.8 Å². The monoisotopic (exact) mass is 442 g/mol. The molecule has 1 N–H and O–H groups in total. The molecule has 5 atom stereocenters. The minimum Gasteiger partial charge on any atom is -0.469 e. The van der Waals surface area contributed by atoms with Gasteiger partial charge in [0.05, 0.1) is 13.0 Å². The topological polar surface area (TPSA) is 74.2 Å². The van der Waals surface area contributed by atoms with Crippen LogP contribution in [0, 0.1) is 11.8 Å². The zero-order valence-corrected chi connectivity index (χ0v) is 20.9. The second-order valence-corrected chi connectivity index (χ2v) is 10.3. The highest BCUT2D eigenvalue weighted by atomic mass is 17.2. The molecule has 6 nitrogen and oxygen atoms in total. The highest BCUT2D eigenvalue weighted by Crippen LogP contribution is 2.34. The number of allylic oxidation sites excluding steroid dienone is 2. The molecule has 0 saturated carbocycles. The largest absolute Gasteiger partial charge is 0.469 e. The number of ether oxygens (including phenoxy) is 1. The summed E-state index contributed by atoms with van der Waals surface area (Å²) < 4.78 is 4.80. The Morgan fingerprint density at radius 3 is 2.48 bits per heavy atom. The SMILES string of the molecule is COC(=O)C(C)C1CCC(C)(CCCC(C)CCCC(C)(CCC=C(C)C)OO)OO1. The Labute approximate surface area is 189 Å². The van der Waals surface area contributed by atoms with Crippen LogP contribution in [0.25, 0.3) is 0 Å². The van der Waals surface area contributed by atoms with Gasteiger partial charge in [0.15, 0.2) is 0 Å². The second-order valence-electron chi connectivity index (χ2n) is 10.3. The van der Waals surface area contributed by atoms with Gasteiger partial charge in [-0.25, -0.2) is 14.7 Å². The molecule has 0 amide bonds. The highest BCUT2D eigenvalue weighted by molar-refractivity contribution is 5.72. The zero-order valence-electron chi connectivity index (χ0n) is 20.9. The molecule has 0 aromatic rings. The van der Waals surface area contributed by atoms with Crippen molar-refractivity contribution in [3.63, 3.8) is 0 Å². The average molecular weight is 443 g/mol. The predicted octanol–water partition coefficient (Wildman–Crippen LogP) is 6.64. The molecule has 1 aliphatic rings. The van der Waals surface area contributed by atoms with Crippen molar-refractivity contribution in [2.24, 2.45) is 11.8 Å². The molecule has 1 fully saturated rings. The van der Waals surface area contributed by atoms with E-state index in [1.54, 1.807) is 0 Å². The second kappa shape index (κ2) is 13.6. The summed E-state index contributed by atoms with van der Waals surface area (Å²) in [6.45, 7) is 12.4. The molecular weight excluding hydrogens is 396 g/mol. The number of hydrogen-bond acceptors (Lipinski definition) is 6. The maximum Gasteiger partial charge on any atom is 0.311 e. The van der Waals surface area contributed by atoms with Crippen molar-refractivity contribution >= 4 is 5.97 Å². The van der Waals surface area contributed by atoms with Gasteiger partial charge in [-0.2, -0.15) is 0 Å². The number of carbonyl (C=O) groups is 1. The lowest BCUT2D eigenvalue weighted by Crippen LogP contribution is -2.41. The van der Waals surface area contributed by atoms with Crippen molar-refractivity contribution in [3.8, 4) is 0 Å². The van der Waals surface area contributed by atoms with Gasteiger partial charge in [-0.15, -0.1) is 0 Å². The third-order valence-corrected chi connectivity index (χ3v) is 6.71. The van der Waals surface area contributed by atoms with Crippen molar-refractivity contribution in [3.05, 3.63) is 11.6 Å². The van der Waals surface area contributed by atoms with Crippen LogP contribution in [0.4, 0.5) is 0 Å². The Hall–Kier alpha value is -0.950. The third-order valence-electron chi connectivity index (χ3n) is 6.71. The molecule has 1 aliphatic heterocycles. The number of carbonyl (C=O) groups excluding carboxylic acids is 1. The van der Waals surface area contributed by atoms with Crippen molar-refractivity contribution < 1.29 is 29.5 Å². The summed E-state index contributed by atoms with van der Waals surface area (Å²) in [5.41, 5.74) is 0.536. The average Bonchev–Trinajstić information content (AvgIpc) is 2.72. The molecule has 31 heavy (non-hydrogen) atoms. The van der Waals surface area contributed by atoms with Crippen molar-refractivity contribution in [1.29, 1.82) is 0 Å². The van der Waals surface area contributed by atoms with E-state index >= 15 is 0 Å². The molecule has 1 rings (SSSR count). The summed E-state index contributed by atoms with van der Waals surface area (Å²) in [6.07, 6.45) is 11.6. The normalized spacial score (nSPS) is 25.4. The maximum absolute atomic E-state index is 11.7. The van der Waals surface area contributed by atoms with E-state index < -0.39 is 5.60 Å². The van der Waals surface area contributed by atoms with E-state index in [0.717, 1.165) is 64.2 Å². The van der Waals surface area contributed by atoms with Crippen LogP contribution in [0.2, 0.25) is 0 Å². The highest BCUT2D eigenvalue weighted by Gasteiger charge is 2.38. The number of esters is 1. The first-order valence-electron chi connectivity index (χ1n) is 11.9. The maximum atomic E-state index is 11.7. The summed E-state index contributed by atoms with van der Waals surface area (Å²) in [6, 6.07) is 0. The van der Waals surface area contributed by atoms with Gasteiger partial charge in [0.1, 0.15) is 17.3 Å². The van der Waals surface area contributed by atoms with Crippen molar-refractivity contribution in [1.82, 2.24) is 0 Å². The van der Waals surface area contributed by atoms with Gasteiger partial charge >= 0.3 is 5.97 Å². The van der Waals surface area contributed by atoms with Gasteiger partial charge in [-0.1, -0.05) is 44.3 Å². The Morgan fingerprint density at radius 1 is 1.26 bits per heavy atom. The molecule has 0 aromatic carbocycles. The molecule has 182 valence electrons. The summed E-state index contributed by atoms with van der Waals surface area (Å²) in [5, 5.41) is 9.36. The minimum absolute atomic E-state index is 0.237. The van der Waals surface area contributed by atoms with Crippen molar-refractivity contribution in [2.75, 3.05) is 7.11 Å².